The number of nitrogens with zero attached hydrogens (tertiary/aromatic N) is 2. The summed E-state index contributed by atoms with van der Waals surface area (Å²) in [7, 11) is 1.63. The maximum absolute atomic E-state index is 12.3. The Kier molecular flexibility index (Phi) is 4.49. The Morgan fingerprint density at radius 2 is 2.50 bits per heavy atom. The van der Waals surface area contributed by atoms with Crippen molar-refractivity contribution in [2.45, 2.75) is 6.54 Å². The highest BCUT2D eigenvalue weighted by molar-refractivity contribution is 7.09. The van der Waals surface area contributed by atoms with E-state index in [1.807, 2.05) is 17.5 Å². The molecular formula is C12H15N3O2S. The van der Waals surface area contributed by atoms with Crippen LogP contribution in [-0.4, -0.2) is 41.3 Å². The van der Waals surface area contributed by atoms with Crippen molar-refractivity contribution < 1.29 is 9.53 Å². The van der Waals surface area contributed by atoms with Crippen LogP contribution in [-0.2, 0) is 11.3 Å². The zero-order valence-electron chi connectivity index (χ0n) is 10.1. The van der Waals surface area contributed by atoms with Crippen LogP contribution in [0.5, 0.6) is 0 Å². The quantitative estimate of drug-likeness (QED) is 0.866. The summed E-state index contributed by atoms with van der Waals surface area (Å²) in [5, 5.41) is 8.46. The number of ether oxygens (including phenoxy) is 1. The van der Waals surface area contributed by atoms with Gasteiger partial charge in [-0.2, -0.15) is 5.10 Å². The predicted molar refractivity (Wildman–Crippen MR) is 69.5 cm³/mol. The number of hydrogen-bond donors (Lipinski definition) is 1. The first-order valence-electron chi connectivity index (χ1n) is 5.60. The fourth-order valence-corrected chi connectivity index (χ4v) is 2.31. The molecule has 0 unspecified atom stereocenters. The van der Waals surface area contributed by atoms with E-state index in [0.717, 1.165) is 4.88 Å². The van der Waals surface area contributed by atoms with E-state index in [9.17, 15) is 4.79 Å². The van der Waals surface area contributed by atoms with Gasteiger partial charge < -0.3 is 9.64 Å². The van der Waals surface area contributed by atoms with Gasteiger partial charge in [-0.15, -0.1) is 11.3 Å². The summed E-state index contributed by atoms with van der Waals surface area (Å²) >= 11 is 1.64. The Labute approximate surface area is 109 Å². The van der Waals surface area contributed by atoms with Crippen LogP contribution in [0.1, 0.15) is 15.2 Å². The summed E-state index contributed by atoms with van der Waals surface area (Å²) in [4.78, 5) is 15.2. The van der Waals surface area contributed by atoms with Crippen molar-refractivity contribution in [2.24, 2.45) is 0 Å². The Balaban J connectivity index is 2.07. The SMILES string of the molecule is COCCN(Cc1cccs1)C(=O)c1cn[nH]c1. The smallest absolute Gasteiger partial charge is 0.257 e. The molecule has 2 rings (SSSR count). The number of thiophene rings is 1. The largest absolute Gasteiger partial charge is 0.383 e. The molecule has 0 saturated heterocycles. The van der Waals surface area contributed by atoms with Crippen LogP contribution in [0.15, 0.2) is 29.9 Å². The zero-order valence-corrected chi connectivity index (χ0v) is 10.9. The van der Waals surface area contributed by atoms with Gasteiger partial charge in [-0.05, 0) is 11.4 Å². The highest BCUT2D eigenvalue weighted by Gasteiger charge is 2.17. The number of rotatable bonds is 6. The third-order valence-corrected chi connectivity index (χ3v) is 3.39. The van der Waals surface area contributed by atoms with E-state index < -0.39 is 0 Å². The lowest BCUT2D eigenvalue weighted by molar-refractivity contribution is 0.0682. The van der Waals surface area contributed by atoms with Crippen LogP contribution in [0.2, 0.25) is 0 Å². The molecule has 18 heavy (non-hydrogen) atoms. The molecule has 0 aliphatic heterocycles. The number of nitrogens with one attached hydrogen (secondary N) is 1. The van der Waals surface area contributed by atoms with Crippen LogP contribution in [0.25, 0.3) is 0 Å². The minimum atomic E-state index is -0.0331. The van der Waals surface area contributed by atoms with Gasteiger partial charge in [0.05, 0.1) is 24.9 Å². The van der Waals surface area contributed by atoms with Crippen LogP contribution in [0.3, 0.4) is 0 Å². The molecule has 0 spiro atoms. The van der Waals surface area contributed by atoms with Crippen LogP contribution in [0, 0.1) is 0 Å². The van der Waals surface area contributed by atoms with Gasteiger partial charge in [-0.3, -0.25) is 9.89 Å². The summed E-state index contributed by atoms with van der Waals surface area (Å²) in [6, 6.07) is 4.00. The number of H-pyrrole nitrogens is 1. The van der Waals surface area contributed by atoms with Crippen molar-refractivity contribution >= 4 is 17.2 Å². The van der Waals surface area contributed by atoms with Crippen molar-refractivity contribution in [2.75, 3.05) is 20.3 Å². The number of aromatic amines is 1. The minimum Gasteiger partial charge on any atom is -0.383 e. The minimum absolute atomic E-state index is 0.0331. The lowest BCUT2D eigenvalue weighted by atomic mass is 10.3. The van der Waals surface area contributed by atoms with Gasteiger partial charge in [0.2, 0.25) is 0 Å². The van der Waals surface area contributed by atoms with Crippen molar-refractivity contribution in [1.29, 1.82) is 0 Å². The average molecular weight is 265 g/mol. The van der Waals surface area contributed by atoms with Crippen molar-refractivity contribution in [1.82, 2.24) is 15.1 Å². The average Bonchev–Trinajstić information content (AvgIpc) is 3.06. The first-order chi connectivity index (χ1) is 8.81. The molecule has 96 valence electrons. The Hall–Kier alpha value is -1.66. The number of carbonyl (C=O) groups is 1. The summed E-state index contributed by atoms with van der Waals surface area (Å²) < 4.78 is 5.05. The monoisotopic (exact) mass is 265 g/mol. The Morgan fingerprint density at radius 1 is 1.61 bits per heavy atom. The highest BCUT2D eigenvalue weighted by atomic mass is 32.1. The first-order valence-corrected chi connectivity index (χ1v) is 6.48. The second kappa shape index (κ2) is 6.32. The van der Waals surface area contributed by atoms with E-state index in [-0.39, 0.29) is 5.91 Å². The van der Waals surface area contributed by atoms with Crippen LogP contribution < -0.4 is 0 Å². The third kappa shape index (κ3) is 3.18. The van der Waals surface area contributed by atoms with E-state index in [2.05, 4.69) is 10.2 Å². The molecule has 2 heterocycles. The number of carbonyl (C=O) groups excluding carboxylic acids is 1. The third-order valence-electron chi connectivity index (χ3n) is 2.52. The van der Waals surface area contributed by atoms with Gasteiger partial charge >= 0.3 is 0 Å². The summed E-state index contributed by atoms with van der Waals surface area (Å²) in [5.41, 5.74) is 0.572. The molecular weight excluding hydrogens is 250 g/mol. The maximum Gasteiger partial charge on any atom is 0.257 e. The van der Waals surface area contributed by atoms with Crippen molar-refractivity contribution in [3.8, 4) is 0 Å². The molecule has 0 aliphatic carbocycles. The molecule has 0 atom stereocenters. The van der Waals surface area contributed by atoms with Gasteiger partial charge in [-0.1, -0.05) is 6.07 Å². The second-order valence-corrected chi connectivity index (χ2v) is 4.82. The van der Waals surface area contributed by atoms with Gasteiger partial charge in [0.25, 0.3) is 5.91 Å². The van der Waals surface area contributed by atoms with Gasteiger partial charge in [0, 0.05) is 24.7 Å². The Bertz CT molecular complexity index is 467. The van der Waals surface area contributed by atoms with E-state index in [1.54, 1.807) is 29.5 Å². The number of aromatic nitrogens is 2. The lowest BCUT2D eigenvalue weighted by Crippen LogP contribution is -2.33. The zero-order chi connectivity index (χ0) is 12.8. The first kappa shape index (κ1) is 12.8. The molecule has 2 aromatic heterocycles. The molecule has 6 heteroatoms. The molecule has 5 nitrogen and oxygen atoms in total. The number of amides is 1. The molecule has 0 radical (unpaired) electrons. The maximum atomic E-state index is 12.3. The topological polar surface area (TPSA) is 58.2 Å². The molecule has 1 amide bonds. The second-order valence-electron chi connectivity index (χ2n) is 3.79. The van der Waals surface area contributed by atoms with Gasteiger partial charge in [0.1, 0.15) is 0 Å². The molecule has 1 N–H and O–H groups in total. The fourth-order valence-electron chi connectivity index (χ4n) is 1.59. The predicted octanol–water partition coefficient (Wildman–Crippen LogP) is 1.76. The molecule has 0 bridgehead atoms. The highest BCUT2D eigenvalue weighted by Crippen LogP contribution is 2.13. The van der Waals surface area contributed by atoms with E-state index >= 15 is 0 Å². The summed E-state index contributed by atoms with van der Waals surface area (Å²) in [6.45, 7) is 1.69. The molecule has 0 saturated carbocycles. The fraction of sp³-hybridized carbons (Fsp3) is 0.333. The van der Waals surface area contributed by atoms with E-state index in [0.29, 0.717) is 25.3 Å². The normalized spacial score (nSPS) is 10.5. The lowest BCUT2D eigenvalue weighted by Gasteiger charge is -2.21. The van der Waals surface area contributed by atoms with E-state index in [1.165, 1.54) is 6.20 Å². The molecule has 0 aliphatic rings. The number of hydrogen-bond acceptors (Lipinski definition) is 4. The standard InChI is InChI=1S/C12H15N3O2S/c1-17-5-4-15(9-11-3-2-6-18-11)12(16)10-7-13-14-8-10/h2-3,6-8H,4-5,9H2,1H3,(H,13,14). The molecule has 0 fully saturated rings. The van der Waals surface area contributed by atoms with Gasteiger partial charge in [-0.25, -0.2) is 0 Å². The van der Waals surface area contributed by atoms with Crippen molar-refractivity contribution in [3.05, 3.63) is 40.3 Å². The summed E-state index contributed by atoms with van der Waals surface area (Å²) in [6.07, 6.45) is 3.15. The Morgan fingerprint density at radius 3 is 3.11 bits per heavy atom. The van der Waals surface area contributed by atoms with Crippen LogP contribution >= 0.6 is 11.3 Å². The molecule has 0 aromatic carbocycles. The van der Waals surface area contributed by atoms with Crippen LogP contribution in [0.4, 0.5) is 0 Å². The van der Waals surface area contributed by atoms with Crippen molar-refractivity contribution in [3.63, 3.8) is 0 Å². The van der Waals surface area contributed by atoms with Gasteiger partial charge in [0.15, 0.2) is 0 Å². The summed E-state index contributed by atoms with van der Waals surface area (Å²) in [5.74, 6) is -0.0331. The van der Waals surface area contributed by atoms with E-state index in [4.69, 9.17) is 4.74 Å². The number of methoxy groups -OCH3 is 1. The molecule has 2 aromatic rings.